The van der Waals surface area contributed by atoms with Gasteiger partial charge >= 0.3 is 0 Å². The molecule has 0 aromatic carbocycles. The van der Waals surface area contributed by atoms with Crippen LogP contribution in [0.4, 0.5) is 0 Å². The van der Waals surface area contributed by atoms with Gasteiger partial charge in [0.2, 0.25) is 0 Å². The Labute approximate surface area is 55.4 Å². The lowest BCUT2D eigenvalue weighted by Crippen LogP contribution is -2.14. The molecule has 0 heterocycles. The van der Waals surface area contributed by atoms with Gasteiger partial charge in [-0.15, -0.1) is 0 Å². The van der Waals surface area contributed by atoms with Crippen LogP contribution in [0.2, 0.25) is 0 Å². The molecular weight excluding hydrogens is 112 g/mol. The molecule has 0 aliphatic heterocycles. The fourth-order valence-electron chi connectivity index (χ4n) is 2.31. The van der Waals surface area contributed by atoms with Crippen LogP contribution in [0.15, 0.2) is 0 Å². The van der Waals surface area contributed by atoms with Crippen LogP contribution in [0.3, 0.4) is 0 Å². The third-order valence-electron chi connectivity index (χ3n) is 2.97. The molecule has 1 nitrogen and oxygen atoms in total. The first-order chi connectivity index (χ1) is 4.27. The Morgan fingerprint density at radius 1 is 1.44 bits per heavy atom. The number of Topliss-reactive ketones (excluding diaryl/α,β-unsaturated/α-hetero) is 1. The number of carbonyl (C=O) groups excluding carboxylic acids is 1. The third kappa shape index (κ3) is 0.637. The molecule has 0 radical (unpaired) electrons. The first-order valence-electron chi connectivity index (χ1n) is 3.80. The molecular formula is C8H12O. The average Bonchev–Trinajstić information content (AvgIpc) is 2.24. The second kappa shape index (κ2) is 1.59. The molecule has 2 aliphatic carbocycles. The predicted molar refractivity (Wildman–Crippen MR) is 35.0 cm³/mol. The molecule has 50 valence electrons. The number of hydrogen-bond donors (Lipinski definition) is 0. The lowest BCUT2D eigenvalue weighted by Gasteiger charge is -2.14. The summed E-state index contributed by atoms with van der Waals surface area (Å²) in [5, 5.41) is 0. The quantitative estimate of drug-likeness (QED) is 0.479. The minimum atomic E-state index is 0.477. The average molecular weight is 124 g/mol. The lowest BCUT2D eigenvalue weighted by molar-refractivity contribution is -0.122. The van der Waals surface area contributed by atoms with E-state index in [4.69, 9.17) is 0 Å². The van der Waals surface area contributed by atoms with E-state index in [1.807, 2.05) is 0 Å². The number of fused-ring (bicyclic) bond motifs is 2. The van der Waals surface area contributed by atoms with Gasteiger partial charge in [-0.2, -0.15) is 0 Å². The highest BCUT2D eigenvalue weighted by atomic mass is 16.1. The van der Waals surface area contributed by atoms with E-state index in [9.17, 15) is 4.79 Å². The molecule has 0 amide bonds. The zero-order valence-electron chi connectivity index (χ0n) is 5.76. The summed E-state index contributed by atoms with van der Waals surface area (Å²) in [6.45, 7) is 2.27. The maximum atomic E-state index is 11.0. The normalized spacial score (nSPS) is 48.6. The summed E-state index contributed by atoms with van der Waals surface area (Å²) in [5.74, 6) is 2.62. The van der Waals surface area contributed by atoms with Gasteiger partial charge in [-0.3, -0.25) is 4.79 Å². The summed E-state index contributed by atoms with van der Waals surface area (Å²) in [4.78, 5) is 11.0. The number of carbonyl (C=O) groups is 1. The predicted octanol–water partition coefficient (Wildman–Crippen LogP) is 1.62. The standard InChI is InChI=1S/C8H12O/c1-5-2-7-3-6(5)4-8(7)9/h5-7H,2-4H2,1H3. The Morgan fingerprint density at radius 2 is 2.22 bits per heavy atom. The van der Waals surface area contributed by atoms with Gasteiger partial charge in [0.25, 0.3) is 0 Å². The van der Waals surface area contributed by atoms with Gasteiger partial charge < -0.3 is 0 Å². The minimum Gasteiger partial charge on any atom is -0.299 e. The molecule has 0 saturated heterocycles. The molecule has 1 heteroatoms. The van der Waals surface area contributed by atoms with Crippen molar-refractivity contribution in [1.29, 1.82) is 0 Å². The summed E-state index contributed by atoms with van der Waals surface area (Å²) >= 11 is 0. The second-order valence-electron chi connectivity index (χ2n) is 3.58. The second-order valence-corrected chi connectivity index (χ2v) is 3.58. The maximum Gasteiger partial charge on any atom is 0.136 e. The third-order valence-corrected chi connectivity index (χ3v) is 2.97. The number of hydrogen-bond acceptors (Lipinski definition) is 1. The van der Waals surface area contributed by atoms with E-state index >= 15 is 0 Å². The molecule has 3 atom stereocenters. The Morgan fingerprint density at radius 3 is 2.56 bits per heavy atom. The van der Waals surface area contributed by atoms with Gasteiger partial charge in [0, 0.05) is 12.3 Å². The first kappa shape index (κ1) is 5.45. The van der Waals surface area contributed by atoms with Crippen molar-refractivity contribution in [2.45, 2.75) is 26.2 Å². The van der Waals surface area contributed by atoms with Crippen molar-refractivity contribution >= 4 is 5.78 Å². The van der Waals surface area contributed by atoms with Gasteiger partial charge in [0.05, 0.1) is 0 Å². The maximum absolute atomic E-state index is 11.0. The van der Waals surface area contributed by atoms with Crippen LogP contribution in [0.25, 0.3) is 0 Å². The summed E-state index contributed by atoms with van der Waals surface area (Å²) in [7, 11) is 0. The summed E-state index contributed by atoms with van der Waals surface area (Å²) in [6.07, 6.45) is 3.29. The largest absolute Gasteiger partial charge is 0.299 e. The molecule has 2 bridgehead atoms. The van der Waals surface area contributed by atoms with Crippen molar-refractivity contribution in [2.24, 2.45) is 17.8 Å². The van der Waals surface area contributed by atoms with E-state index in [0.29, 0.717) is 11.7 Å². The van der Waals surface area contributed by atoms with Crippen LogP contribution in [0, 0.1) is 17.8 Å². The number of rotatable bonds is 0. The van der Waals surface area contributed by atoms with Crippen molar-refractivity contribution in [3.05, 3.63) is 0 Å². The van der Waals surface area contributed by atoms with Crippen LogP contribution < -0.4 is 0 Å². The summed E-state index contributed by atoms with van der Waals surface area (Å²) in [6, 6.07) is 0. The lowest BCUT2D eigenvalue weighted by atomic mass is 9.90. The highest BCUT2D eigenvalue weighted by molar-refractivity contribution is 5.84. The first-order valence-corrected chi connectivity index (χ1v) is 3.80. The molecule has 0 aromatic heterocycles. The van der Waals surface area contributed by atoms with Gasteiger partial charge in [0.15, 0.2) is 0 Å². The summed E-state index contributed by atoms with van der Waals surface area (Å²) < 4.78 is 0. The van der Waals surface area contributed by atoms with Crippen molar-refractivity contribution in [2.75, 3.05) is 0 Å². The van der Waals surface area contributed by atoms with E-state index in [0.717, 1.165) is 18.3 Å². The molecule has 0 N–H and O–H groups in total. The smallest absolute Gasteiger partial charge is 0.136 e. The Kier molecular flexibility index (Phi) is 0.961. The Hall–Kier alpha value is -0.330. The fourth-order valence-corrected chi connectivity index (χ4v) is 2.31. The van der Waals surface area contributed by atoms with E-state index in [1.165, 1.54) is 12.8 Å². The van der Waals surface area contributed by atoms with E-state index < -0.39 is 0 Å². The molecule has 0 spiro atoms. The van der Waals surface area contributed by atoms with Crippen molar-refractivity contribution in [1.82, 2.24) is 0 Å². The van der Waals surface area contributed by atoms with Crippen LogP contribution in [0.5, 0.6) is 0 Å². The molecule has 2 aliphatic rings. The molecule has 0 aromatic rings. The highest BCUT2D eigenvalue weighted by Gasteiger charge is 2.42. The van der Waals surface area contributed by atoms with Crippen LogP contribution in [0.1, 0.15) is 26.2 Å². The SMILES string of the molecule is CC1CC2CC1CC2=O. The van der Waals surface area contributed by atoms with E-state index in [-0.39, 0.29) is 0 Å². The number of ketones is 1. The van der Waals surface area contributed by atoms with Gasteiger partial charge in [0.1, 0.15) is 5.78 Å². The topological polar surface area (TPSA) is 17.1 Å². The van der Waals surface area contributed by atoms with E-state index in [2.05, 4.69) is 6.92 Å². The molecule has 9 heavy (non-hydrogen) atoms. The monoisotopic (exact) mass is 124 g/mol. The fraction of sp³-hybridized carbons (Fsp3) is 0.875. The molecule has 2 rings (SSSR count). The van der Waals surface area contributed by atoms with Gasteiger partial charge in [-0.05, 0) is 24.7 Å². The van der Waals surface area contributed by atoms with Gasteiger partial charge in [-0.1, -0.05) is 6.92 Å². The van der Waals surface area contributed by atoms with Crippen LogP contribution in [-0.2, 0) is 4.79 Å². The van der Waals surface area contributed by atoms with Crippen LogP contribution >= 0.6 is 0 Å². The zero-order valence-corrected chi connectivity index (χ0v) is 5.76. The Balaban J connectivity index is 2.19. The van der Waals surface area contributed by atoms with E-state index in [1.54, 1.807) is 0 Å². The molecule has 3 unspecified atom stereocenters. The van der Waals surface area contributed by atoms with Crippen molar-refractivity contribution < 1.29 is 4.79 Å². The minimum absolute atomic E-state index is 0.477. The van der Waals surface area contributed by atoms with Crippen molar-refractivity contribution in [3.8, 4) is 0 Å². The van der Waals surface area contributed by atoms with Gasteiger partial charge in [-0.25, -0.2) is 0 Å². The zero-order chi connectivity index (χ0) is 6.43. The molecule has 2 fully saturated rings. The molecule has 2 saturated carbocycles. The highest BCUT2D eigenvalue weighted by Crippen LogP contribution is 2.45. The Bertz CT molecular complexity index is 149. The van der Waals surface area contributed by atoms with Crippen LogP contribution in [-0.4, -0.2) is 5.78 Å². The summed E-state index contributed by atoms with van der Waals surface area (Å²) in [5.41, 5.74) is 0. The van der Waals surface area contributed by atoms with Crippen molar-refractivity contribution in [3.63, 3.8) is 0 Å².